The number of rotatable bonds is 6. The molecule has 3 aromatic rings. The summed E-state index contributed by atoms with van der Waals surface area (Å²) in [6.45, 7) is 7.06. The van der Waals surface area contributed by atoms with E-state index in [-0.39, 0.29) is 19.0 Å². The Morgan fingerprint density at radius 3 is 1.79 bits per heavy atom. The van der Waals surface area contributed by atoms with E-state index in [2.05, 4.69) is 29.1 Å². The normalized spacial score (nSPS) is 10.4. The molecule has 0 N–H and O–H groups in total. The van der Waals surface area contributed by atoms with E-state index in [0.717, 1.165) is 4.47 Å². The van der Waals surface area contributed by atoms with Crippen LogP contribution in [-0.2, 0) is 9.47 Å². The van der Waals surface area contributed by atoms with Gasteiger partial charge in [-0.15, -0.1) is 0 Å². The van der Waals surface area contributed by atoms with E-state index in [1.54, 1.807) is 42.5 Å². The second-order valence-electron chi connectivity index (χ2n) is 5.80. The number of fused-ring (bicyclic) bond motifs is 2. The first kappa shape index (κ1) is 20.4. The monoisotopic (exact) mass is 456 g/mol. The van der Waals surface area contributed by atoms with E-state index in [4.69, 9.17) is 18.9 Å². The number of hydrogen-bond donors (Lipinski definition) is 0. The van der Waals surface area contributed by atoms with Crippen molar-refractivity contribution in [1.82, 2.24) is 0 Å². The molecule has 0 saturated carbocycles. The Balaban J connectivity index is 2.20. The van der Waals surface area contributed by atoms with E-state index in [1.807, 2.05) is 0 Å². The standard InChI is InChI=1S/C22H17BrO6/c1-3-11-26-21(24)28-19-15-7-5-6-8-16(15)20(29-22(25)27-12-4-2)18-13-14(23)9-10-17(18)19/h3-10,13H,1-2,11-12H2. The molecule has 0 atom stereocenters. The zero-order chi connectivity index (χ0) is 20.8. The fourth-order valence-corrected chi connectivity index (χ4v) is 3.13. The maximum atomic E-state index is 12.1. The lowest BCUT2D eigenvalue weighted by Crippen LogP contribution is -2.13. The smallest absolute Gasteiger partial charge is 0.430 e. The fraction of sp³-hybridized carbons (Fsp3) is 0.0909. The van der Waals surface area contributed by atoms with Crippen LogP contribution in [0.3, 0.4) is 0 Å². The van der Waals surface area contributed by atoms with E-state index in [9.17, 15) is 9.59 Å². The summed E-state index contributed by atoms with van der Waals surface area (Å²) in [4.78, 5) is 24.2. The van der Waals surface area contributed by atoms with Gasteiger partial charge >= 0.3 is 12.3 Å². The van der Waals surface area contributed by atoms with Gasteiger partial charge in [0, 0.05) is 26.0 Å². The van der Waals surface area contributed by atoms with E-state index in [1.165, 1.54) is 12.2 Å². The van der Waals surface area contributed by atoms with Crippen LogP contribution >= 0.6 is 15.9 Å². The average Bonchev–Trinajstić information content (AvgIpc) is 2.72. The van der Waals surface area contributed by atoms with Gasteiger partial charge in [-0.2, -0.15) is 0 Å². The van der Waals surface area contributed by atoms with Gasteiger partial charge in [0.25, 0.3) is 0 Å². The van der Waals surface area contributed by atoms with Gasteiger partial charge < -0.3 is 18.9 Å². The van der Waals surface area contributed by atoms with Crippen LogP contribution in [0, 0.1) is 0 Å². The van der Waals surface area contributed by atoms with Crippen molar-refractivity contribution in [2.24, 2.45) is 0 Å². The van der Waals surface area contributed by atoms with Crippen molar-refractivity contribution >= 4 is 49.8 Å². The highest BCUT2D eigenvalue weighted by atomic mass is 79.9. The van der Waals surface area contributed by atoms with Crippen molar-refractivity contribution in [3.05, 3.63) is 72.2 Å². The molecule has 3 aromatic carbocycles. The summed E-state index contributed by atoms with van der Waals surface area (Å²) in [6.07, 6.45) is 1.16. The topological polar surface area (TPSA) is 71.1 Å². The highest BCUT2D eigenvalue weighted by Crippen LogP contribution is 2.43. The number of benzene rings is 3. The fourth-order valence-electron chi connectivity index (χ4n) is 2.77. The van der Waals surface area contributed by atoms with Gasteiger partial charge in [-0.1, -0.05) is 65.5 Å². The minimum atomic E-state index is -0.865. The summed E-state index contributed by atoms with van der Waals surface area (Å²) in [5, 5.41) is 2.26. The quantitative estimate of drug-likeness (QED) is 0.191. The number of hydrogen-bond acceptors (Lipinski definition) is 6. The van der Waals surface area contributed by atoms with Gasteiger partial charge in [-0.25, -0.2) is 9.59 Å². The summed E-state index contributed by atoms with van der Waals surface area (Å²) < 4.78 is 21.7. The summed E-state index contributed by atoms with van der Waals surface area (Å²) in [7, 11) is 0. The first-order chi connectivity index (χ1) is 14.0. The van der Waals surface area contributed by atoms with Crippen LogP contribution in [0.1, 0.15) is 0 Å². The molecule has 0 spiro atoms. The first-order valence-electron chi connectivity index (χ1n) is 8.60. The van der Waals surface area contributed by atoms with Crippen LogP contribution in [0.25, 0.3) is 21.5 Å². The number of ether oxygens (including phenoxy) is 4. The van der Waals surface area contributed by atoms with Crippen LogP contribution in [0.15, 0.2) is 72.2 Å². The Labute approximate surface area is 175 Å². The molecule has 0 amide bonds. The Hall–Kier alpha value is -3.32. The predicted octanol–water partition coefficient (Wildman–Crippen LogP) is 6.16. The van der Waals surface area contributed by atoms with Crippen molar-refractivity contribution < 1.29 is 28.5 Å². The molecule has 0 unspecified atom stereocenters. The minimum absolute atomic E-state index is 0.0226. The Bertz CT molecular complexity index is 1110. The molecular formula is C22H17BrO6. The zero-order valence-electron chi connectivity index (χ0n) is 15.4. The summed E-state index contributed by atoms with van der Waals surface area (Å²) in [6, 6.07) is 12.4. The highest BCUT2D eigenvalue weighted by Gasteiger charge is 2.21. The van der Waals surface area contributed by atoms with Gasteiger partial charge in [-0.3, -0.25) is 0 Å². The molecule has 0 aromatic heterocycles. The molecule has 0 bridgehead atoms. The summed E-state index contributed by atoms with van der Waals surface area (Å²) in [5.41, 5.74) is 0. The molecule has 0 heterocycles. The average molecular weight is 457 g/mol. The second kappa shape index (κ2) is 9.25. The van der Waals surface area contributed by atoms with Gasteiger partial charge in [-0.05, 0) is 18.2 Å². The Morgan fingerprint density at radius 2 is 1.28 bits per heavy atom. The van der Waals surface area contributed by atoms with Crippen molar-refractivity contribution in [3.63, 3.8) is 0 Å². The molecule has 148 valence electrons. The van der Waals surface area contributed by atoms with Crippen LogP contribution in [-0.4, -0.2) is 25.5 Å². The maximum Gasteiger partial charge on any atom is 0.514 e. The molecule has 0 aliphatic heterocycles. The number of carbonyl (C=O) groups is 2. The zero-order valence-corrected chi connectivity index (χ0v) is 16.9. The lowest BCUT2D eigenvalue weighted by molar-refractivity contribution is 0.109. The van der Waals surface area contributed by atoms with Crippen LogP contribution in [0.4, 0.5) is 9.59 Å². The molecule has 0 saturated heterocycles. The molecule has 0 radical (unpaired) electrons. The molecular weight excluding hydrogens is 440 g/mol. The molecule has 0 aliphatic rings. The van der Waals surface area contributed by atoms with Crippen LogP contribution in [0.5, 0.6) is 11.5 Å². The highest BCUT2D eigenvalue weighted by molar-refractivity contribution is 9.10. The molecule has 0 aliphatic carbocycles. The third-order valence-corrected chi connectivity index (χ3v) is 4.39. The third kappa shape index (κ3) is 4.57. The maximum absolute atomic E-state index is 12.1. The van der Waals surface area contributed by atoms with Gasteiger partial charge in [0.2, 0.25) is 0 Å². The van der Waals surface area contributed by atoms with E-state index >= 15 is 0 Å². The molecule has 3 rings (SSSR count). The summed E-state index contributed by atoms with van der Waals surface area (Å²) >= 11 is 3.42. The van der Waals surface area contributed by atoms with E-state index < -0.39 is 12.3 Å². The Morgan fingerprint density at radius 1 is 0.793 bits per heavy atom. The van der Waals surface area contributed by atoms with Crippen LogP contribution < -0.4 is 9.47 Å². The molecule has 0 fully saturated rings. The van der Waals surface area contributed by atoms with Gasteiger partial charge in [0.15, 0.2) is 5.75 Å². The lowest BCUT2D eigenvalue weighted by atomic mass is 10.0. The molecule has 7 heteroatoms. The van der Waals surface area contributed by atoms with E-state index in [0.29, 0.717) is 27.3 Å². The predicted molar refractivity (Wildman–Crippen MR) is 114 cm³/mol. The van der Waals surface area contributed by atoms with Gasteiger partial charge in [0.1, 0.15) is 19.0 Å². The third-order valence-electron chi connectivity index (χ3n) is 3.90. The number of halogens is 1. The number of carbonyl (C=O) groups excluding carboxylic acids is 2. The van der Waals surface area contributed by atoms with Crippen LogP contribution in [0.2, 0.25) is 0 Å². The minimum Gasteiger partial charge on any atom is -0.430 e. The lowest BCUT2D eigenvalue weighted by Gasteiger charge is -2.16. The van der Waals surface area contributed by atoms with Crippen molar-refractivity contribution in [2.45, 2.75) is 0 Å². The first-order valence-corrected chi connectivity index (χ1v) is 9.39. The summed E-state index contributed by atoms with van der Waals surface area (Å²) in [5.74, 6) is 0.585. The van der Waals surface area contributed by atoms with Crippen molar-refractivity contribution in [3.8, 4) is 11.5 Å². The second-order valence-corrected chi connectivity index (χ2v) is 6.71. The van der Waals surface area contributed by atoms with Crippen molar-refractivity contribution in [2.75, 3.05) is 13.2 Å². The van der Waals surface area contributed by atoms with Crippen molar-refractivity contribution in [1.29, 1.82) is 0 Å². The molecule has 29 heavy (non-hydrogen) atoms. The largest absolute Gasteiger partial charge is 0.514 e. The van der Waals surface area contributed by atoms with Gasteiger partial charge in [0.05, 0.1) is 0 Å². The molecule has 6 nitrogen and oxygen atoms in total. The SMILES string of the molecule is C=CCOC(=O)Oc1c2ccccc2c(OC(=O)OCC=C)c2cc(Br)ccc12. The Kier molecular flexibility index (Phi) is 6.51.